The van der Waals surface area contributed by atoms with Crippen LogP contribution in [0.15, 0.2) is 46.9 Å². The second-order valence-corrected chi connectivity index (χ2v) is 5.61. The third-order valence-corrected chi connectivity index (χ3v) is 3.70. The molecule has 0 amide bonds. The van der Waals surface area contributed by atoms with Crippen molar-refractivity contribution in [1.82, 2.24) is 0 Å². The van der Waals surface area contributed by atoms with Gasteiger partial charge in [0.1, 0.15) is 0 Å². The molecule has 1 N–H and O–H groups in total. The van der Waals surface area contributed by atoms with Crippen molar-refractivity contribution < 1.29 is 19.4 Å². The lowest BCUT2D eigenvalue weighted by Gasteiger charge is -2.12. The summed E-state index contributed by atoms with van der Waals surface area (Å²) in [5, 5.41) is 18.1. The monoisotopic (exact) mass is 387 g/mol. The Balaban J connectivity index is 2.41. The normalized spacial score (nSPS) is 10.8. The van der Waals surface area contributed by atoms with E-state index in [2.05, 4.69) is 22.0 Å². The van der Waals surface area contributed by atoms with Crippen LogP contribution in [0, 0.1) is 11.3 Å². The first-order chi connectivity index (χ1) is 11.5. The van der Waals surface area contributed by atoms with E-state index in [4.69, 9.17) is 14.6 Å². The number of carbonyl (C=O) groups is 1. The van der Waals surface area contributed by atoms with E-state index in [-0.39, 0.29) is 0 Å². The lowest BCUT2D eigenvalue weighted by molar-refractivity contribution is -0.139. The quantitative estimate of drug-likeness (QED) is 0.598. The van der Waals surface area contributed by atoms with Gasteiger partial charge in [-0.15, -0.1) is 0 Å². The molecule has 0 radical (unpaired) electrons. The molecule has 0 aromatic heterocycles. The molecule has 24 heavy (non-hydrogen) atoms. The van der Waals surface area contributed by atoms with Gasteiger partial charge in [0.2, 0.25) is 0 Å². The number of hydrogen-bond donors (Lipinski definition) is 1. The van der Waals surface area contributed by atoms with E-state index in [0.29, 0.717) is 21.5 Å². The van der Waals surface area contributed by atoms with E-state index in [1.807, 2.05) is 30.3 Å². The number of halogens is 1. The largest absolute Gasteiger partial charge is 0.493 e. The number of benzene rings is 2. The molecule has 6 heteroatoms. The highest BCUT2D eigenvalue weighted by Crippen LogP contribution is 2.37. The number of hydrogen-bond acceptors (Lipinski definition) is 4. The van der Waals surface area contributed by atoms with Crippen LogP contribution < -0.4 is 9.47 Å². The summed E-state index contributed by atoms with van der Waals surface area (Å²) in [4.78, 5) is 10.7. The number of rotatable bonds is 6. The maximum atomic E-state index is 10.7. The molecule has 0 fully saturated rings. The zero-order valence-electron chi connectivity index (χ0n) is 12.8. The maximum Gasteiger partial charge on any atom is 0.341 e. The highest BCUT2D eigenvalue weighted by Gasteiger charge is 2.13. The van der Waals surface area contributed by atoms with E-state index >= 15 is 0 Å². The van der Waals surface area contributed by atoms with Crippen LogP contribution in [0.1, 0.15) is 11.1 Å². The number of ether oxygens (including phenoxy) is 2. The van der Waals surface area contributed by atoms with Gasteiger partial charge in [-0.3, -0.25) is 0 Å². The highest BCUT2D eigenvalue weighted by atomic mass is 79.9. The Morgan fingerprint density at radius 1 is 1.33 bits per heavy atom. The molecule has 0 aliphatic carbocycles. The first-order valence-electron chi connectivity index (χ1n) is 6.94. The maximum absolute atomic E-state index is 10.7. The minimum Gasteiger partial charge on any atom is -0.493 e. The van der Waals surface area contributed by atoms with Crippen molar-refractivity contribution in [1.29, 1.82) is 5.26 Å². The van der Waals surface area contributed by atoms with Gasteiger partial charge in [0.25, 0.3) is 0 Å². The molecule has 0 aliphatic rings. The standard InChI is InChI=1S/C18H14BrNO4/c1-23-16-9-12(8-15(19)18(16)24-11-17(21)22)7-14(10-20)13-5-3-2-4-6-13/h2-9H,11H2,1H3,(H,21,22)/b14-7+. The van der Waals surface area contributed by atoms with Crippen LogP contribution in [0.2, 0.25) is 0 Å². The molecule has 0 unspecified atom stereocenters. The zero-order valence-corrected chi connectivity index (χ0v) is 14.4. The second-order valence-electron chi connectivity index (χ2n) is 4.75. The zero-order chi connectivity index (χ0) is 17.5. The van der Waals surface area contributed by atoms with E-state index in [0.717, 1.165) is 11.1 Å². The Morgan fingerprint density at radius 3 is 2.62 bits per heavy atom. The van der Waals surface area contributed by atoms with E-state index < -0.39 is 12.6 Å². The van der Waals surface area contributed by atoms with Gasteiger partial charge < -0.3 is 14.6 Å². The van der Waals surface area contributed by atoms with Crippen LogP contribution in [-0.2, 0) is 4.79 Å². The summed E-state index contributed by atoms with van der Waals surface area (Å²) >= 11 is 3.35. The fraction of sp³-hybridized carbons (Fsp3) is 0.111. The van der Waals surface area contributed by atoms with Gasteiger partial charge in [-0.1, -0.05) is 30.3 Å². The van der Waals surface area contributed by atoms with Crippen LogP contribution in [-0.4, -0.2) is 24.8 Å². The summed E-state index contributed by atoms with van der Waals surface area (Å²) in [6, 6.07) is 14.9. The third kappa shape index (κ3) is 4.37. The van der Waals surface area contributed by atoms with Crippen molar-refractivity contribution in [3.63, 3.8) is 0 Å². The van der Waals surface area contributed by atoms with E-state index in [1.54, 1.807) is 18.2 Å². The smallest absolute Gasteiger partial charge is 0.341 e. The highest BCUT2D eigenvalue weighted by molar-refractivity contribution is 9.10. The number of nitriles is 1. The van der Waals surface area contributed by atoms with Gasteiger partial charge in [-0.25, -0.2) is 4.79 Å². The van der Waals surface area contributed by atoms with Gasteiger partial charge >= 0.3 is 5.97 Å². The Morgan fingerprint density at radius 2 is 2.04 bits per heavy atom. The molecule has 0 saturated heterocycles. The summed E-state index contributed by atoms with van der Waals surface area (Å²) in [6.45, 7) is -0.475. The van der Waals surface area contributed by atoms with E-state index in [9.17, 15) is 10.1 Å². The summed E-state index contributed by atoms with van der Waals surface area (Å²) in [6.07, 6.45) is 1.73. The van der Waals surface area contributed by atoms with Gasteiger partial charge in [0.15, 0.2) is 18.1 Å². The molecular weight excluding hydrogens is 374 g/mol. The fourth-order valence-electron chi connectivity index (χ4n) is 2.06. The van der Waals surface area contributed by atoms with Gasteiger partial charge in [0, 0.05) is 0 Å². The summed E-state index contributed by atoms with van der Waals surface area (Å²) in [5.74, 6) is -0.402. The van der Waals surface area contributed by atoms with Crippen molar-refractivity contribution in [2.24, 2.45) is 0 Å². The second kappa shape index (κ2) is 8.18. The van der Waals surface area contributed by atoms with Crippen molar-refractivity contribution in [3.05, 3.63) is 58.1 Å². The van der Waals surface area contributed by atoms with Crippen molar-refractivity contribution in [2.75, 3.05) is 13.7 Å². The van der Waals surface area contributed by atoms with Gasteiger partial charge in [-0.05, 0) is 45.3 Å². The predicted octanol–water partition coefficient (Wildman–Crippen LogP) is 3.99. The molecule has 0 spiro atoms. The third-order valence-electron chi connectivity index (χ3n) is 3.11. The molecule has 2 rings (SSSR count). The molecule has 0 aliphatic heterocycles. The number of nitrogens with zero attached hydrogens (tertiary/aromatic N) is 1. The number of carboxylic acids is 1. The molecule has 5 nitrogen and oxygen atoms in total. The van der Waals surface area contributed by atoms with Crippen molar-refractivity contribution >= 4 is 33.5 Å². The SMILES string of the molecule is COc1cc(/C=C(\C#N)c2ccccc2)cc(Br)c1OCC(=O)O. The Labute approximate surface area is 147 Å². The van der Waals surface area contributed by atoms with Crippen LogP contribution in [0.25, 0.3) is 11.6 Å². The van der Waals surface area contributed by atoms with Crippen LogP contribution in [0.4, 0.5) is 0 Å². The summed E-state index contributed by atoms with van der Waals surface area (Å²) < 4.78 is 11.0. The minimum absolute atomic E-state index is 0.301. The lowest BCUT2D eigenvalue weighted by atomic mass is 10.0. The molecule has 2 aromatic carbocycles. The average Bonchev–Trinajstić information content (AvgIpc) is 2.58. The molecule has 122 valence electrons. The molecular formula is C18H14BrNO4. The van der Waals surface area contributed by atoms with Crippen LogP contribution in [0.3, 0.4) is 0 Å². The van der Waals surface area contributed by atoms with Crippen molar-refractivity contribution in [3.8, 4) is 17.6 Å². The predicted molar refractivity (Wildman–Crippen MR) is 93.8 cm³/mol. The van der Waals surface area contributed by atoms with Crippen LogP contribution >= 0.6 is 15.9 Å². The van der Waals surface area contributed by atoms with E-state index in [1.165, 1.54) is 7.11 Å². The Kier molecular flexibility index (Phi) is 5.99. The molecule has 0 heterocycles. The summed E-state index contributed by atoms with van der Waals surface area (Å²) in [7, 11) is 1.46. The number of methoxy groups -OCH3 is 1. The molecule has 0 saturated carbocycles. The van der Waals surface area contributed by atoms with Crippen LogP contribution in [0.5, 0.6) is 11.5 Å². The molecule has 2 aromatic rings. The first kappa shape index (κ1) is 17.6. The number of carboxylic acid groups (broad SMARTS) is 1. The minimum atomic E-state index is -1.08. The topological polar surface area (TPSA) is 79.5 Å². The average molecular weight is 388 g/mol. The number of aliphatic carboxylic acids is 1. The lowest BCUT2D eigenvalue weighted by Crippen LogP contribution is -2.10. The number of allylic oxidation sites excluding steroid dienone is 1. The van der Waals surface area contributed by atoms with Crippen molar-refractivity contribution in [2.45, 2.75) is 0 Å². The van der Waals surface area contributed by atoms with Gasteiger partial charge in [-0.2, -0.15) is 5.26 Å². The first-order valence-corrected chi connectivity index (χ1v) is 7.73. The Bertz CT molecular complexity index is 810. The molecule has 0 bridgehead atoms. The summed E-state index contributed by atoms with van der Waals surface area (Å²) in [5.41, 5.74) is 2.03. The Hall–Kier alpha value is -2.78. The molecule has 0 atom stereocenters. The fourth-order valence-corrected chi connectivity index (χ4v) is 2.64. The van der Waals surface area contributed by atoms with Gasteiger partial charge in [0.05, 0.1) is 23.2 Å².